The number of benzene rings is 1. The smallest absolute Gasteiger partial charge is 0.161 e. The summed E-state index contributed by atoms with van der Waals surface area (Å²) < 4.78 is 34.2. The van der Waals surface area contributed by atoms with Crippen LogP contribution in [0.1, 0.15) is 13.8 Å². The summed E-state index contributed by atoms with van der Waals surface area (Å²) in [6.45, 7) is 7.36. The van der Waals surface area contributed by atoms with Gasteiger partial charge in [-0.25, -0.2) is 13.8 Å². The van der Waals surface area contributed by atoms with Gasteiger partial charge in [-0.05, 0) is 13.8 Å². The van der Waals surface area contributed by atoms with Crippen LogP contribution in [-0.2, 0) is 11.3 Å². The monoisotopic (exact) mass is 295 g/mol. The molecular weight excluding hydrogens is 276 g/mol. The molecule has 114 valence electrons. The molecule has 0 amide bonds. The Labute approximate surface area is 122 Å². The number of morpholine rings is 1. The minimum absolute atomic E-state index is 0.0339. The van der Waals surface area contributed by atoms with E-state index < -0.39 is 11.6 Å². The van der Waals surface area contributed by atoms with Crippen molar-refractivity contribution in [3.8, 4) is 0 Å². The fourth-order valence-electron chi connectivity index (χ4n) is 2.74. The Kier molecular flexibility index (Phi) is 3.91. The van der Waals surface area contributed by atoms with Crippen molar-refractivity contribution >= 4 is 11.0 Å². The number of rotatable bonds is 3. The van der Waals surface area contributed by atoms with Crippen LogP contribution in [0.4, 0.5) is 8.78 Å². The van der Waals surface area contributed by atoms with Gasteiger partial charge >= 0.3 is 0 Å². The van der Waals surface area contributed by atoms with Gasteiger partial charge in [0.05, 0.1) is 36.6 Å². The van der Waals surface area contributed by atoms with Crippen molar-refractivity contribution in [3.05, 3.63) is 30.1 Å². The first-order valence-electron chi connectivity index (χ1n) is 7.20. The SMILES string of the molecule is CC(C)N1CCOC(Cn2cnc3cc(F)c(F)cc32)C1. The van der Waals surface area contributed by atoms with E-state index in [1.54, 1.807) is 6.33 Å². The van der Waals surface area contributed by atoms with Crippen LogP contribution in [0.5, 0.6) is 0 Å². The first-order valence-corrected chi connectivity index (χ1v) is 7.20. The normalized spacial score (nSPS) is 20.5. The van der Waals surface area contributed by atoms with Gasteiger partial charge in [0.1, 0.15) is 0 Å². The molecule has 1 fully saturated rings. The zero-order valence-corrected chi connectivity index (χ0v) is 12.2. The van der Waals surface area contributed by atoms with Crippen LogP contribution in [0.15, 0.2) is 18.5 Å². The van der Waals surface area contributed by atoms with Crippen molar-refractivity contribution in [2.75, 3.05) is 19.7 Å². The maximum Gasteiger partial charge on any atom is 0.161 e. The quantitative estimate of drug-likeness (QED) is 0.871. The lowest BCUT2D eigenvalue weighted by molar-refractivity contribution is -0.0451. The Balaban J connectivity index is 1.80. The third-order valence-corrected chi connectivity index (χ3v) is 3.96. The molecule has 2 heterocycles. The molecule has 1 atom stereocenters. The first kappa shape index (κ1) is 14.4. The highest BCUT2D eigenvalue weighted by atomic mass is 19.2. The van der Waals surface area contributed by atoms with Crippen LogP contribution < -0.4 is 0 Å². The predicted molar refractivity (Wildman–Crippen MR) is 76.1 cm³/mol. The minimum atomic E-state index is -0.868. The molecule has 1 aromatic carbocycles. The lowest BCUT2D eigenvalue weighted by atomic mass is 10.2. The van der Waals surface area contributed by atoms with Crippen molar-refractivity contribution < 1.29 is 13.5 Å². The molecule has 0 saturated carbocycles. The summed E-state index contributed by atoms with van der Waals surface area (Å²) in [6.07, 6.45) is 1.65. The molecule has 1 aliphatic rings. The molecule has 0 N–H and O–H groups in total. The number of fused-ring (bicyclic) bond motifs is 1. The summed E-state index contributed by atoms with van der Waals surface area (Å²) in [4.78, 5) is 6.48. The Bertz CT molecular complexity index is 641. The molecule has 4 nitrogen and oxygen atoms in total. The Morgan fingerprint density at radius 3 is 2.86 bits per heavy atom. The van der Waals surface area contributed by atoms with E-state index in [4.69, 9.17) is 4.74 Å². The van der Waals surface area contributed by atoms with Crippen LogP contribution in [0, 0.1) is 11.6 Å². The van der Waals surface area contributed by atoms with E-state index in [0.29, 0.717) is 30.2 Å². The molecule has 0 spiro atoms. The molecule has 3 rings (SSSR count). The van der Waals surface area contributed by atoms with E-state index in [1.165, 1.54) is 6.07 Å². The third-order valence-electron chi connectivity index (χ3n) is 3.96. The fraction of sp³-hybridized carbons (Fsp3) is 0.533. The number of hydrogen-bond acceptors (Lipinski definition) is 3. The average molecular weight is 295 g/mol. The zero-order valence-electron chi connectivity index (χ0n) is 12.2. The molecule has 6 heteroatoms. The maximum atomic E-state index is 13.4. The lowest BCUT2D eigenvalue weighted by Gasteiger charge is -2.35. The van der Waals surface area contributed by atoms with Gasteiger partial charge in [-0.3, -0.25) is 4.90 Å². The lowest BCUT2D eigenvalue weighted by Crippen LogP contribution is -2.47. The topological polar surface area (TPSA) is 30.3 Å². The van der Waals surface area contributed by atoms with Crippen molar-refractivity contribution in [2.45, 2.75) is 32.5 Å². The van der Waals surface area contributed by atoms with Gasteiger partial charge < -0.3 is 9.30 Å². The van der Waals surface area contributed by atoms with Gasteiger partial charge in [0.25, 0.3) is 0 Å². The molecule has 0 radical (unpaired) electrons. The van der Waals surface area contributed by atoms with Gasteiger partial charge in [0, 0.05) is 31.3 Å². The Morgan fingerprint density at radius 1 is 1.33 bits per heavy atom. The van der Waals surface area contributed by atoms with Crippen molar-refractivity contribution in [1.82, 2.24) is 14.5 Å². The summed E-state index contributed by atoms with van der Waals surface area (Å²) in [5, 5.41) is 0. The van der Waals surface area contributed by atoms with E-state index >= 15 is 0 Å². The van der Waals surface area contributed by atoms with Gasteiger partial charge in [-0.15, -0.1) is 0 Å². The van der Waals surface area contributed by atoms with Gasteiger partial charge in [0.2, 0.25) is 0 Å². The van der Waals surface area contributed by atoms with Crippen LogP contribution in [-0.4, -0.2) is 46.3 Å². The number of aromatic nitrogens is 2. The van der Waals surface area contributed by atoms with Gasteiger partial charge in [0.15, 0.2) is 11.6 Å². The van der Waals surface area contributed by atoms with Crippen LogP contribution in [0.3, 0.4) is 0 Å². The molecule has 2 aromatic rings. The molecule has 1 unspecified atom stereocenters. The predicted octanol–water partition coefficient (Wildman–Crippen LogP) is 2.42. The molecule has 1 saturated heterocycles. The van der Waals surface area contributed by atoms with E-state index in [0.717, 1.165) is 19.2 Å². The summed E-state index contributed by atoms with van der Waals surface area (Å²) >= 11 is 0. The molecular formula is C15H19F2N3O. The Morgan fingerprint density at radius 2 is 2.10 bits per heavy atom. The van der Waals surface area contributed by atoms with E-state index in [1.807, 2.05) is 4.57 Å². The van der Waals surface area contributed by atoms with E-state index in [2.05, 4.69) is 23.7 Å². The summed E-state index contributed by atoms with van der Waals surface area (Å²) in [5.41, 5.74) is 1.06. The van der Waals surface area contributed by atoms with Crippen molar-refractivity contribution in [1.29, 1.82) is 0 Å². The van der Waals surface area contributed by atoms with Crippen LogP contribution in [0.25, 0.3) is 11.0 Å². The highest BCUT2D eigenvalue weighted by Gasteiger charge is 2.23. The summed E-state index contributed by atoms with van der Waals surface area (Å²) in [5.74, 6) is -1.72. The number of imidazole rings is 1. The maximum absolute atomic E-state index is 13.4. The summed E-state index contributed by atoms with van der Waals surface area (Å²) in [6, 6.07) is 2.80. The van der Waals surface area contributed by atoms with Crippen molar-refractivity contribution in [3.63, 3.8) is 0 Å². The number of nitrogens with zero attached hydrogens (tertiary/aromatic N) is 3. The standard InChI is InChI=1S/C15H19F2N3O/c1-10(2)19-3-4-21-11(7-19)8-20-9-18-14-5-12(16)13(17)6-15(14)20/h5-6,9-11H,3-4,7-8H2,1-2H3. The molecule has 21 heavy (non-hydrogen) atoms. The number of ether oxygens (including phenoxy) is 1. The molecule has 0 bridgehead atoms. The van der Waals surface area contributed by atoms with Gasteiger partial charge in [-0.2, -0.15) is 0 Å². The second-order valence-electron chi connectivity index (χ2n) is 5.73. The Hall–Kier alpha value is -1.53. The highest BCUT2D eigenvalue weighted by molar-refractivity contribution is 5.75. The molecule has 0 aliphatic carbocycles. The summed E-state index contributed by atoms with van der Waals surface area (Å²) in [7, 11) is 0. The highest BCUT2D eigenvalue weighted by Crippen LogP contribution is 2.19. The fourth-order valence-corrected chi connectivity index (χ4v) is 2.74. The van der Waals surface area contributed by atoms with Crippen molar-refractivity contribution in [2.24, 2.45) is 0 Å². The number of hydrogen-bond donors (Lipinski definition) is 0. The number of halogens is 2. The van der Waals surface area contributed by atoms with Crippen LogP contribution >= 0.6 is 0 Å². The second-order valence-corrected chi connectivity index (χ2v) is 5.73. The van der Waals surface area contributed by atoms with Gasteiger partial charge in [-0.1, -0.05) is 0 Å². The average Bonchev–Trinajstić information content (AvgIpc) is 2.82. The first-order chi connectivity index (χ1) is 10.0. The van der Waals surface area contributed by atoms with E-state index in [9.17, 15) is 8.78 Å². The molecule has 1 aliphatic heterocycles. The largest absolute Gasteiger partial charge is 0.374 e. The van der Waals surface area contributed by atoms with E-state index in [-0.39, 0.29) is 6.10 Å². The zero-order chi connectivity index (χ0) is 15.0. The third kappa shape index (κ3) is 2.91. The van der Waals surface area contributed by atoms with Crippen LogP contribution in [0.2, 0.25) is 0 Å². The second kappa shape index (κ2) is 5.69. The molecule has 1 aromatic heterocycles. The minimum Gasteiger partial charge on any atom is -0.374 e.